The van der Waals surface area contributed by atoms with Gasteiger partial charge in [-0.05, 0) is 51.1 Å². The number of carbonyl (C=O) groups excluding carboxylic acids is 2. The minimum Gasteiger partial charge on any atom is -0.496 e. The molecule has 0 N–H and O–H groups in total. The molecule has 1 saturated heterocycles. The van der Waals surface area contributed by atoms with Crippen LogP contribution in [0.15, 0.2) is 18.2 Å². The second-order valence-corrected chi connectivity index (χ2v) is 5.33. The van der Waals surface area contributed by atoms with Crippen molar-refractivity contribution < 1.29 is 14.3 Å². The largest absolute Gasteiger partial charge is 0.496 e. The maximum atomic E-state index is 11.5. The Morgan fingerprint density at radius 1 is 1.40 bits per heavy atom. The minimum absolute atomic E-state index is 0.0635. The molecule has 108 valence electrons. The quantitative estimate of drug-likeness (QED) is 0.611. The fraction of sp³-hybridized carbons (Fsp3) is 0.500. The predicted molar refractivity (Wildman–Crippen MR) is 77.1 cm³/mol. The molecule has 0 radical (unpaired) electrons. The van der Waals surface area contributed by atoms with E-state index in [0.29, 0.717) is 5.56 Å². The molecule has 0 unspecified atom stereocenters. The van der Waals surface area contributed by atoms with Crippen LogP contribution in [-0.4, -0.2) is 37.2 Å². The molecule has 0 saturated carbocycles. The number of ketones is 1. The van der Waals surface area contributed by atoms with Gasteiger partial charge in [0.15, 0.2) is 5.78 Å². The summed E-state index contributed by atoms with van der Waals surface area (Å²) in [5.74, 6) is 1.08. The van der Waals surface area contributed by atoms with E-state index < -0.39 is 0 Å². The van der Waals surface area contributed by atoms with Crippen molar-refractivity contribution in [2.75, 3.05) is 20.2 Å². The van der Waals surface area contributed by atoms with Crippen molar-refractivity contribution >= 4 is 12.1 Å². The summed E-state index contributed by atoms with van der Waals surface area (Å²) in [5.41, 5.74) is 1.74. The molecule has 1 heterocycles. The molecule has 20 heavy (non-hydrogen) atoms. The predicted octanol–water partition coefficient (Wildman–Crippen LogP) is 2.31. The van der Waals surface area contributed by atoms with Gasteiger partial charge in [-0.25, -0.2) is 0 Å². The Kier molecular flexibility index (Phi) is 4.90. The highest BCUT2D eigenvalue weighted by Crippen LogP contribution is 2.24. The van der Waals surface area contributed by atoms with Crippen LogP contribution in [0, 0.1) is 5.92 Å². The lowest BCUT2D eigenvalue weighted by molar-refractivity contribution is -0.112. The fourth-order valence-corrected chi connectivity index (χ4v) is 2.61. The molecule has 1 aromatic rings. The first kappa shape index (κ1) is 14.7. The van der Waals surface area contributed by atoms with Crippen molar-refractivity contribution in [1.82, 2.24) is 4.90 Å². The summed E-state index contributed by atoms with van der Waals surface area (Å²) in [6, 6.07) is 5.56. The average Bonchev–Trinajstić information content (AvgIpc) is 2.48. The maximum Gasteiger partial charge on any atom is 0.159 e. The third-order valence-electron chi connectivity index (χ3n) is 3.91. The first-order valence-corrected chi connectivity index (χ1v) is 6.99. The highest BCUT2D eigenvalue weighted by molar-refractivity contribution is 5.94. The molecule has 0 spiro atoms. The number of hydrogen-bond acceptors (Lipinski definition) is 4. The zero-order valence-electron chi connectivity index (χ0n) is 12.1. The van der Waals surface area contributed by atoms with Crippen LogP contribution in [0.3, 0.4) is 0 Å². The van der Waals surface area contributed by atoms with Gasteiger partial charge in [-0.15, -0.1) is 0 Å². The van der Waals surface area contributed by atoms with Gasteiger partial charge in [0.05, 0.1) is 7.11 Å². The van der Waals surface area contributed by atoms with E-state index in [1.807, 2.05) is 12.1 Å². The van der Waals surface area contributed by atoms with E-state index in [1.165, 1.54) is 0 Å². The van der Waals surface area contributed by atoms with Crippen LogP contribution in [0.2, 0.25) is 0 Å². The van der Waals surface area contributed by atoms with Crippen molar-refractivity contribution in [3.63, 3.8) is 0 Å². The second-order valence-electron chi connectivity index (χ2n) is 5.33. The van der Waals surface area contributed by atoms with E-state index in [2.05, 4.69) is 4.90 Å². The third-order valence-corrected chi connectivity index (χ3v) is 3.91. The number of rotatable bonds is 5. The first-order chi connectivity index (χ1) is 9.63. The Bertz CT molecular complexity index is 490. The molecule has 0 bridgehead atoms. The topological polar surface area (TPSA) is 46.6 Å². The molecule has 0 aliphatic carbocycles. The summed E-state index contributed by atoms with van der Waals surface area (Å²) >= 11 is 0. The molecule has 4 heteroatoms. The van der Waals surface area contributed by atoms with Crippen LogP contribution in [0.1, 0.15) is 35.7 Å². The molecule has 1 fully saturated rings. The SMILES string of the molecule is COc1ccc(C(C)=O)cc1CN1CCC(C=O)CC1. The summed E-state index contributed by atoms with van der Waals surface area (Å²) in [6.07, 6.45) is 2.89. The Hall–Kier alpha value is -1.68. The summed E-state index contributed by atoms with van der Waals surface area (Å²) in [4.78, 5) is 24.6. The number of aldehydes is 1. The third kappa shape index (κ3) is 3.45. The molecule has 2 rings (SSSR count). The van der Waals surface area contributed by atoms with E-state index in [9.17, 15) is 9.59 Å². The van der Waals surface area contributed by atoms with Gasteiger partial charge in [0.1, 0.15) is 12.0 Å². The van der Waals surface area contributed by atoms with Crippen molar-refractivity contribution in [1.29, 1.82) is 0 Å². The highest BCUT2D eigenvalue weighted by Gasteiger charge is 2.19. The molecule has 0 atom stereocenters. The number of ether oxygens (including phenoxy) is 1. The number of nitrogens with zero attached hydrogens (tertiary/aromatic N) is 1. The van der Waals surface area contributed by atoms with Gasteiger partial charge in [-0.2, -0.15) is 0 Å². The monoisotopic (exact) mass is 275 g/mol. The van der Waals surface area contributed by atoms with Gasteiger partial charge >= 0.3 is 0 Å². The van der Waals surface area contributed by atoms with Crippen molar-refractivity contribution in [3.8, 4) is 5.75 Å². The van der Waals surface area contributed by atoms with Crippen LogP contribution in [0.4, 0.5) is 0 Å². The van der Waals surface area contributed by atoms with Crippen LogP contribution < -0.4 is 4.74 Å². The molecule has 1 aliphatic heterocycles. The Morgan fingerprint density at radius 3 is 2.65 bits per heavy atom. The molecule has 1 aliphatic rings. The van der Waals surface area contributed by atoms with Crippen LogP contribution in [-0.2, 0) is 11.3 Å². The van der Waals surface area contributed by atoms with E-state index >= 15 is 0 Å². The number of piperidine rings is 1. The summed E-state index contributed by atoms with van der Waals surface area (Å²) in [5, 5.41) is 0. The number of hydrogen-bond donors (Lipinski definition) is 0. The summed E-state index contributed by atoms with van der Waals surface area (Å²) in [6.45, 7) is 4.16. The van der Waals surface area contributed by atoms with Gasteiger partial charge < -0.3 is 9.53 Å². The minimum atomic E-state index is 0.0635. The second kappa shape index (κ2) is 6.66. The van der Waals surface area contributed by atoms with Gasteiger partial charge in [-0.3, -0.25) is 9.69 Å². The van der Waals surface area contributed by atoms with Crippen molar-refractivity contribution in [2.24, 2.45) is 5.92 Å². The van der Waals surface area contributed by atoms with Gasteiger partial charge in [-0.1, -0.05) is 0 Å². The van der Waals surface area contributed by atoms with E-state index in [0.717, 1.165) is 50.1 Å². The first-order valence-electron chi connectivity index (χ1n) is 6.99. The normalized spacial score (nSPS) is 16.9. The standard InChI is InChI=1S/C16H21NO3/c1-12(19)14-3-4-16(20-2)15(9-14)10-17-7-5-13(11-18)6-8-17/h3-4,9,11,13H,5-8,10H2,1-2H3. The van der Waals surface area contributed by atoms with Crippen LogP contribution in [0.25, 0.3) is 0 Å². The number of Topliss-reactive ketones (excluding diaryl/α,β-unsaturated/α-hetero) is 1. The zero-order chi connectivity index (χ0) is 14.5. The van der Waals surface area contributed by atoms with Crippen LogP contribution in [0.5, 0.6) is 5.75 Å². The van der Waals surface area contributed by atoms with Gasteiger partial charge in [0.2, 0.25) is 0 Å². The van der Waals surface area contributed by atoms with Gasteiger partial charge in [0.25, 0.3) is 0 Å². The van der Waals surface area contributed by atoms with E-state index in [4.69, 9.17) is 4.74 Å². The Balaban J connectivity index is 2.09. The Labute approximate surface area is 119 Å². The summed E-state index contributed by atoms with van der Waals surface area (Å²) in [7, 11) is 1.64. The zero-order valence-corrected chi connectivity index (χ0v) is 12.1. The maximum absolute atomic E-state index is 11.5. The molecular weight excluding hydrogens is 254 g/mol. The highest BCUT2D eigenvalue weighted by atomic mass is 16.5. The van der Waals surface area contributed by atoms with E-state index in [1.54, 1.807) is 20.1 Å². The van der Waals surface area contributed by atoms with Crippen molar-refractivity contribution in [2.45, 2.75) is 26.3 Å². The average molecular weight is 275 g/mol. The number of methoxy groups -OCH3 is 1. The number of likely N-dealkylation sites (tertiary alicyclic amines) is 1. The number of carbonyl (C=O) groups is 2. The molecule has 0 aromatic heterocycles. The lowest BCUT2D eigenvalue weighted by atomic mass is 9.98. The number of benzene rings is 1. The van der Waals surface area contributed by atoms with Crippen molar-refractivity contribution in [3.05, 3.63) is 29.3 Å². The fourth-order valence-electron chi connectivity index (χ4n) is 2.61. The summed E-state index contributed by atoms with van der Waals surface area (Å²) < 4.78 is 5.37. The molecule has 0 amide bonds. The molecular formula is C16H21NO3. The lowest BCUT2D eigenvalue weighted by Crippen LogP contribution is -2.33. The Morgan fingerprint density at radius 2 is 2.10 bits per heavy atom. The smallest absolute Gasteiger partial charge is 0.159 e. The van der Waals surface area contributed by atoms with Gasteiger partial charge in [0, 0.05) is 23.6 Å². The molecule has 4 nitrogen and oxygen atoms in total. The molecule has 1 aromatic carbocycles. The van der Waals surface area contributed by atoms with E-state index in [-0.39, 0.29) is 11.7 Å². The lowest BCUT2D eigenvalue weighted by Gasteiger charge is -2.30. The van der Waals surface area contributed by atoms with Crippen LogP contribution >= 0.6 is 0 Å².